The summed E-state index contributed by atoms with van der Waals surface area (Å²) in [4.78, 5) is 9.24. The number of hydrogen-bond donors (Lipinski definition) is 3. The van der Waals surface area contributed by atoms with E-state index < -0.39 is 5.97 Å². The van der Waals surface area contributed by atoms with Gasteiger partial charge in [0.15, 0.2) is 0 Å². The van der Waals surface area contributed by atoms with E-state index in [-0.39, 0.29) is 19.1 Å². The average Bonchev–Trinajstić information content (AvgIpc) is 2.02. The molecule has 0 radical (unpaired) electrons. The molecule has 0 aromatic carbocycles. The summed E-state index contributed by atoms with van der Waals surface area (Å²) in [6, 6.07) is 0. The topological polar surface area (TPSA) is 77.8 Å². The van der Waals surface area contributed by atoms with Crippen LogP contribution in [-0.4, -0.2) is 40.4 Å². The second-order valence-corrected chi connectivity index (χ2v) is 1.95. The minimum atomic E-state index is -0.980. The Morgan fingerprint density at radius 2 is 1.45 bits per heavy atom. The molecule has 0 rings (SSSR count). The molecule has 0 aliphatic carbocycles. The zero-order valence-electron chi connectivity index (χ0n) is 6.16. The molecule has 0 atom stereocenters. The molecule has 5 heteroatoms. The summed E-state index contributed by atoms with van der Waals surface area (Å²) in [6.45, 7) is 0.390. The second kappa shape index (κ2) is 12.4. The van der Waals surface area contributed by atoms with Gasteiger partial charge >= 0.3 is 5.97 Å². The first-order valence-corrected chi connectivity index (χ1v) is 3.72. The lowest BCUT2D eigenvalue weighted by Gasteiger charge is -1.85. The van der Waals surface area contributed by atoms with Crippen LogP contribution >= 0.6 is 11.6 Å². The Kier molecular flexibility index (Phi) is 14.9. The molecule has 0 saturated heterocycles. The van der Waals surface area contributed by atoms with Crippen molar-refractivity contribution in [2.24, 2.45) is 0 Å². The van der Waals surface area contributed by atoms with Crippen molar-refractivity contribution in [3.05, 3.63) is 0 Å². The number of aliphatic hydroxyl groups excluding tert-OH is 2. The van der Waals surface area contributed by atoms with E-state index in [1.807, 2.05) is 0 Å². The monoisotopic (exact) mass is 184 g/mol. The summed E-state index contributed by atoms with van der Waals surface area (Å²) < 4.78 is 0. The third kappa shape index (κ3) is 26.1. The van der Waals surface area contributed by atoms with E-state index >= 15 is 0 Å². The van der Waals surface area contributed by atoms with E-state index in [1.165, 1.54) is 0 Å². The van der Waals surface area contributed by atoms with Gasteiger partial charge in [0.25, 0.3) is 0 Å². The van der Waals surface area contributed by atoms with Crippen molar-refractivity contribution in [1.29, 1.82) is 0 Å². The minimum Gasteiger partial charge on any atom is -0.480 e. The molecular formula is C6H13ClO4. The third-order valence-corrected chi connectivity index (χ3v) is 0.909. The SMILES string of the molecule is O=C(O)CCl.OCCCCO. The van der Waals surface area contributed by atoms with E-state index in [9.17, 15) is 4.79 Å². The molecule has 0 spiro atoms. The molecule has 0 aromatic rings. The van der Waals surface area contributed by atoms with Crippen LogP contribution in [0.2, 0.25) is 0 Å². The number of carboxylic acid groups (broad SMARTS) is 1. The molecule has 0 aliphatic rings. The maximum atomic E-state index is 9.24. The maximum Gasteiger partial charge on any atom is 0.318 e. The quantitative estimate of drug-likeness (QED) is 0.427. The van der Waals surface area contributed by atoms with Crippen LogP contribution in [-0.2, 0) is 4.79 Å². The van der Waals surface area contributed by atoms with Crippen molar-refractivity contribution < 1.29 is 20.1 Å². The molecule has 0 amide bonds. The van der Waals surface area contributed by atoms with Gasteiger partial charge in [-0.3, -0.25) is 4.79 Å². The fourth-order valence-electron chi connectivity index (χ4n) is 0.224. The Bertz CT molecular complexity index is 82.7. The molecule has 0 unspecified atom stereocenters. The van der Waals surface area contributed by atoms with Crippen molar-refractivity contribution in [3.63, 3.8) is 0 Å². The average molecular weight is 185 g/mol. The van der Waals surface area contributed by atoms with Gasteiger partial charge in [-0.15, -0.1) is 11.6 Å². The van der Waals surface area contributed by atoms with E-state index in [4.69, 9.17) is 26.9 Å². The normalized spacial score (nSPS) is 8.27. The largest absolute Gasteiger partial charge is 0.480 e. The van der Waals surface area contributed by atoms with Gasteiger partial charge in [-0.1, -0.05) is 0 Å². The highest BCUT2D eigenvalue weighted by atomic mass is 35.5. The molecule has 0 aromatic heterocycles. The first kappa shape index (κ1) is 13.3. The zero-order chi connectivity index (χ0) is 9.11. The molecule has 11 heavy (non-hydrogen) atoms. The smallest absolute Gasteiger partial charge is 0.318 e. The fourth-order valence-corrected chi connectivity index (χ4v) is 0.224. The van der Waals surface area contributed by atoms with Crippen LogP contribution in [0.5, 0.6) is 0 Å². The highest BCUT2D eigenvalue weighted by Crippen LogP contribution is 1.80. The number of aliphatic hydroxyl groups is 2. The summed E-state index contributed by atoms with van der Waals surface area (Å²) in [7, 11) is 0. The van der Waals surface area contributed by atoms with Crippen LogP contribution in [0.25, 0.3) is 0 Å². The summed E-state index contributed by atoms with van der Waals surface area (Å²) in [5, 5.41) is 23.8. The standard InChI is InChI=1S/C4H10O2.C2H3ClO2/c5-3-1-2-4-6;3-1-2(4)5/h5-6H,1-4H2;1H2,(H,4,5). The lowest BCUT2D eigenvalue weighted by Crippen LogP contribution is -1.92. The number of carbonyl (C=O) groups is 1. The molecule has 0 fully saturated rings. The Morgan fingerprint density at radius 1 is 1.18 bits per heavy atom. The van der Waals surface area contributed by atoms with Gasteiger partial charge in [0.05, 0.1) is 0 Å². The van der Waals surface area contributed by atoms with Crippen molar-refractivity contribution in [2.45, 2.75) is 12.8 Å². The number of rotatable bonds is 4. The molecule has 4 nitrogen and oxygen atoms in total. The summed E-state index contributed by atoms with van der Waals surface area (Å²) >= 11 is 4.74. The minimum absolute atomic E-state index is 0.195. The molecule has 0 aliphatic heterocycles. The zero-order valence-corrected chi connectivity index (χ0v) is 6.92. The molecule has 3 N–H and O–H groups in total. The van der Waals surface area contributed by atoms with Crippen LogP contribution in [0.4, 0.5) is 0 Å². The van der Waals surface area contributed by atoms with Gasteiger partial charge in [0.1, 0.15) is 5.88 Å². The van der Waals surface area contributed by atoms with Crippen molar-refractivity contribution in [1.82, 2.24) is 0 Å². The van der Waals surface area contributed by atoms with E-state index in [1.54, 1.807) is 0 Å². The number of hydrogen-bond acceptors (Lipinski definition) is 3. The predicted octanol–water partition coefficient (Wildman–Crippen LogP) is 0.0610. The van der Waals surface area contributed by atoms with Crippen molar-refractivity contribution in [2.75, 3.05) is 19.1 Å². The highest BCUT2D eigenvalue weighted by Gasteiger charge is 1.83. The number of alkyl halides is 1. The summed E-state index contributed by atoms with van der Waals surface area (Å²) in [5.41, 5.74) is 0. The van der Waals surface area contributed by atoms with Crippen LogP contribution in [0.1, 0.15) is 12.8 Å². The van der Waals surface area contributed by atoms with Crippen LogP contribution in [0.15, 0.2) is 0 Å². The van der Waals surface area contributed by atoms with Crippen molar-refractivity contribution >= 4 is 17.6 Å². The fraction of sp³-hybridized carbons (Fsp3) is 0.833. The van der Waals surface area contributed by atoms with Gasteiger partial charge in [-0.25, -0.2) is 0 Å². The number of halogens is 1. The Balaban J connectivity index is 0. The van der Waals surface area contributed by atoms with Gasteiger partial charge in [-0.2, -0.15) is 0 Å². The van der Waals surface area contributed by atoms with E-state index in [2.05, 4.69) is 0 Å². The summed E-state index contributed by atoms with van der Waals surface area (Å²) in [6.07, 6.45) is 1.44. The third-order valence-electron chi connectivity index (χ3n) is 0.681. The number of unbranched alkanes of at least 4 members (excludes halogenated alkanes) is 1. The lowest BCUT2D eigenvalue weighted by molar-refractivity contribution is -0.134. The Labute approximate surface area is 70.4 Å². The molecule has 68 valence electrons. The van der Waals surface area contributed by atoms with Gasteiger partial charge in [0.2, 0.25) is 0 Å². The van der Waals surface area contributed by atoms with Crippen LogP contribution in [0.3, 0.4) is 0 Å². The molecule has 0 heterocycles. The second-order valence-electron chi connectivity index (χ2n) is 1.68. The van der Waals surface area contributed by atoms with Gasteiger partial charge < -0.3 is 15.3 Å². The van der Waals surface area contributed by atoms with Gasteiger partial charge in [0, 0.05) is 13.2 Å². The van der Waals surface area contributed by atoms with E-state index in [0.29, 0.717) is 0 Å². The van der Waals surface area contributed by atoms with E-state index in [0.717, 1.165) is 12.8 Å². The van der Waals surface area contributed by atoms with Crippen LogP contribution < -0.4 is 0 Å². The van der Waals surface area contributed by atoms with Crippen LogP contribution in [0, 0.1) is 0 Å². The van der Waals surface area contributed by atoms with Gasteiger partial charge in [-0.05, 0) is 12.8 Å². The summed E-state index contributed by atoms with van der Waals surface area (Å²) in [5.74, 6) is -1.29. The molecule has 0 bridgehead atoms. The first-order valence-electron chi connectivity index (χ1n) is 3.18. The Morgan fingerprint density at radius 3 is 1.55 bits per heavy atom. The number of aliphatic carboxylic acids is 1. The molecule has 0 saturated carbocycles. The highest BCUT2D eigenvalue weighted by molar-refractivity contribution is 6.26. The predicted molar refractivity (Wildman–Crippen MR) is 41.8 cm³/mol. The maximum absolute atomic E-state index is 9.24. The Hall–Kier alpha value is -0.320. The van der Waals surface area contributed by atoms with Crippen molar-refractivity contribution in [3.8, 4) is 0 Å². The molecular weight excluding hydrogens is 172 g/mol. The first-order chi connectivity index (χ1) is 5.18. The number of carboxylic acids is 1. The lowest BCUT2D eigenvalue weighted by atomic mass is 10.3.